The van der Waals surface area contributed by atoms with Gasteiger partial charge in [0.05, 0.1) is 23.8 Å². The average Bonchev–Trinajstić information content (AvgIpc) is 2.21. The Hall–Kier alpha value is -0.590. The summed E-state index contributed by atoms with van der Waals surface area (Å²) in [5.41, 5.74) is 0. The molecule has 6 heteroatoms. The zero-order valence-corrected chi connectivity index (χ0v) is 11.2. The van der Waals surface area contributed by atoms with Crippen molar-refractivity contribution in [3.63, 3.8) is 0 Å². The van der Waals surface area contributed by atoms with Gasteiger partial charge in [0, 0.05) is 33.4 Å². The van der Waals surface area contributed by atoms with Crippen molar-refractivity contribution in [3.8, 4) is 0 Å². The van der Waals surface area contributed by atoms with Crippen molar-refractivity contribution in [1.29, 1.82) is 5.41 Å². The van der Waals surface area contributed by atoms with Crippen molar-refractivity contribution in [1.82, 2.24) is 10.2 Å². The summed E-state index contributed by atoms with van der Waals surface area (Å²) in [4.78, 5) is 1.95. The standard InChI is InChI=1S/C10H18BrN3O2/c1-13-5-9(11)10(12)14-6-8(7-14)16-4-3-15-2/h5,8,12-13H,3-4,6-7H2,1-2H3/b9-5+,12-10?. The molecule has 0 radical (unpaired) electrons. The van der Waals surface area contributed by atoms with Crippen LogP contribution in [0.25, 0.3) is 0 Å². The fourth-order valence-corrected chi connectivity index (χ4v) is 1.85. The van der Waals surface area contributed by atoms with E-state index in [-0.39, 0.29) is 6.10 Å². The molecule has 0 aliphatic carbocycles. The molecule has 0 aromatic carbocycles. The summed E-state index contributed by atoms with van der Waals surface area (Å²) in [5, 5.41) is 10.7. The number of rotatable bonds is 6. The maximum absolute atomic E-state index is 7.85. The number of hydrogen-bond donors (Lipinski definition) is 2. The Labute approximate surface area is 104 Å². The van der Waals surface area contributed by atoms with Crippen LogP contribution in [0.15, 0.2) is 10.7 Å². The molecule has 1 fully saturated rings. The summed E-state index contributed by atoms with van der Waals surface area (Å²) in [7, 11) is 3.47. The number of amidine groups is 1. The quantitative estimate of drug-likeness (QED) is 0.431. The molecule has 1 rings (SSSR count). The van der Waals surface area contributed by atoms with Gasteiger partial charge >= 0.3 is 0 Å². The van der Waals surface area contributed by atoms with Gasteiger partial charge in [-0.3, -0.25) is 5.41 Å². The van der Waals surface area contributed by atoms with Gasteiger partial charge in [0.25, 0.3) is 0 Å². The predicted molar refractivity (Wildman–Crippen MR) is 67.0 cm³/mol. The number of nitrogens with zero attached hydrogens (tertiary/aromatic N) is 1. The van der Waals surface area contributed by atoms with Gasteiger partial charge in [-0.25, -0.2) is 0 Å². The Morgan fingerprint density at radius 1 is 1.56 bits per heavy atom. The van der Waals surface area contributed by atoms with Crippen LogP contribution in [-0.4, -0.2) is 57.3 Å². The fourth-order valence-electron chi connectivity index (χ4n) is 1.37. The fraction of sp³-hybridized carbons (Fsp3) is 0.700. The highest BCUT2D eigenvalue weighted by Crippen LogP contribution is 2.17. The Morgan fingerprint density at radius 2 is 2.25 bits per heavy atom. The van der Waals surface area contributed by atoms with Gasteiger partial charge in [0.15, 0.2) is 0 Å². The largest absolute Gasteiger partial charge is 0.393 e. The van der Waals surface area contributed by atoms with Gasteiger partial charge in [-0.15, -0.1) is 0 Å². The molecule has 0 aromatic rings. The topological polar surface area (TPSA) is 57.6 Å². The van der Waals surface area contributed by atoms with Crippen molar-refractivity contribution < 1.29 is 9.47 Å². The lowest BCUT2D eigenvalue weighted by Gasteiger charge is -2.40. The maximum atomic E-state index is 7.85. The van der Waals surface area contributed by atoms with Gasteiger partial charge in [-0.2, -0.15) is 0 Å². The molecule has 0 bridgehead atoms. The number of halogens is 1. The lowest BCUT2D eigenvalue weighted by Crippen LogP contribution is -2.54. The lowest BCUT2D eigenvalue weighted by molar-refractivity contribution is -0.0426. The Bertz CT molecular complexity index is 265. The van der Waals surface area contributed by atoms with Crippen LogP contribution in [0.3, 0.4) is 0 Å². The number of nitrogens with one attached hydrogen (secondary N) is 2. The van der Waals surface area contributed by atoms with Crippen LogP contribution in [0.5, 0.6) is 0 Å². The lowest BCUT2D eigenvalue weighted by atomic mass is 10.1. The molecular formula is C10H18BrN3O2. The Balaban J connectivity index is 2.20. The van der Waals surface area contributed by atoms with E-state index in [2.05, 4.69) is 21.2 Å². The monoisotopic (exact) mass is 291 g/mol. The first-order valence-corrected chi connectivity index (χ1v) is 5.95. The average molecular weight is 292 g/mol. The molecule has 0 saturated carbocycles. The van der Waals surface area contributed by atoms with Crippen LogP contribution in [0.2, 0.25) is 0 Å². The van der Waals surface area contributed by atoms with E-state index >= 15 is 0 Å². The van der Waals surface area contributed by atoms with E-state index < -0.39 is 0 Å². The van der Waals surface area contributed by atoms with Gasteiger partial charge in [-0.1, -0.05) is 0 Å². The van der Waals surface area contributed by atoms with Crippen LogP contribution >= 0.6 is 15.9 Å². The van der Waals surface area contributed by atoms with Crippen LogP contribution < -0.4 is 5.32 Å². The van der Waals surface area contributed by atoms with Gasteiger partial charge in [-0.05, 0) is 15.9 Å². The van der Waals surface area contributed by atoms with Gasteiger partial charge in [0.1, 0.15) is 5.84 Å². The van der Waals surface area contributed by atoms with Gasteiger partial charge in [0.2, 0.25) is 0 Å². The minimum atomic E-state index is 0.227. The molecule has 0 amide bonds. The molecule has 1 heterocycles. The summed E-state index contributed by atoms with van der Waals surface area (Å²) in [6, 6.07) is 0. The van der Waals surface area contributed by atoms with Crippen LogP contribution in [0.1, 0.15) is 0 Å². The SMILES string of the molecule is CN/C=C(/Br)C(=N)N1CC(OCCOC)C1. The second-order valence-electron chi connectivity index (χ2n) is 3.52. The third kappa shape index (κ3) is 3.77. The highest BCUT2D eigenvalue weighted by atomic mass is 79.9. The van der Waals surface area contributed by atoms with E-state index in [9.17, 15) is 0 Å². The Kier molecular flexibility index (Phi) is 5.79. The highest BCUT2D eigenvalue weighted by molar-refractivity contribution is 9.12. The van der Waals surface area contributed by atoms with Crippen molar-refractivity contribution in [3.05, 3.63) is 10.7 Å². The molecule has 1 aliphatic rings. The van der Waals surface area contributed by atoms with Crippen molar-refractivity contribution in [2.45, 2.75) is 6.10 Å². The first kappa shape index (κ1) is 13.5. The second-order valence-corrected chi connectivity index (χ2v) is 4.37. The van der Waals surface area contributed by atoms with Crippen molar-refractivity contribution >= 4 is 21.8 Å². The second kappa shape index (κ2) is 6.88. The molecule has 0 spiro atoms. The summed E-state index contributed by atoms with van der Waals surface area (Å²) in [5.74, 6) is 0.487. The molecule has 1 aliphatic heterocycles. The van der Waals surface area contributed by atoms with Crippen molar-refractivity contribution in [2.75, 3.05) is 40.5 Å². The predicted octanol–water partition coefficient (Wildman–Crippen LogP) is 0.767. The first-order chi connectivity index (χ1) is 7.69. The molecule has 92 valence electrons. The number of likely N-dealkylation sites (tertiary alicyclic amines) is 1. The van der Waals surface area contributed by atoms with E-state index in [0.717, 1.165) is 17.6 Å². The molecular weight excluding hydrogens is 274 g/mol. The molecule has 0 atom stereocenters. The smallest absolute Gasteiger partial charge is 0.136 e. The number of hydrogen-bond acceptors (Lipinski definition) is 4. The number of ether oxygens (including phenoxy) is 2. The third-order valence-corrected chi connectivity index (χ3v) is 2.91. The van der Waals surface area contributed by atoms with Crippen LogP contribution in [0.4, 0.5) is 0 Å². The normalized spacial score (nSPS) is 17.2. The maximum Gasteiger partial charge on any atom is 0.136 e. The molecule has 5 nitrogen and oxygen atoms in total. The number of methoxy groups -OCH3 is 1. The summed E-state index contributed by atoms with van der Waals surface area (Å²) < 4.78 is 11.2. The van der Waals surface area contributed by atoms with Gasteiger partial charge < -0.3 is 19.7 Å². The van der Waals surface area contributed by atoms with Crippen molar-refractivity contribution in [2.24, 2.45) is 0 Å². The molecule has 16 heavy (non-hydrogen) atoms. The first-order valence-electron chi connectivity index (χ1n) is 5.16. The molecule has 0 aromatic heterocycles. The highest BCUT2D eigenvalue weighted by Gasteiger charge is 2.29. The van der Waals surface area contributed by atoms with E-state index in [1.54, 1.807) is 20.4 Å². The molecule has 2 N–H and O–H groups in total. The van der Waals surface area contributed by atoms with Crippen LogP contribution in [-0.2, 0) is 9.47 Å². The Morgan fingerprint density at radius 3 is 2.81 bits per heavy atom. The zero-order valence-electron chi connectivity index (χ0n) is 9.62. The molecule has 1 saturated heterocycles. The third-order valence-electron chi connectivity index (χ3n) is 2.30. The van der Waals surface area contributed by atoms with E-state index in [1.807, 2.05) is 4.90 Å². The van der Waals surface area contributed by atoms with E-state index in [1.165, 1.54) is 0 Å². The van der Waals surface area contributed by atoms with E-state index in [4.69, 9.17) is 14.9 Å². The zero-order chi connectivity index (χ0) is 12.0. The summed E-state index contributed by atoms with van der Waals surface area (Å²) in [6.45, 7) is 2.79. The van der Waals surface area contributed by atoms with E-state index in [0.29, 0.717) is 19.0 Å². The molecule has 0 unspecified atom stereocenters. The van der Waals surface area contributed by atoms with Crippen LogP contribution in [0, 0.1) is 5.41 Å². The summed E-state index contributed by atoms with van der Waals surface area (Å²) >= 11 is 3.33. The minimum Gasteiger partial charge on any atom is -0.393 e. The summed E-state index contributed by atoms with van der Waals surface area (Å²) in [6.07, 6.45) is 1.98. The minimum absolute atomic E-state index is 0.227.